The van der Waals surface area contributed by atoms with Gasteiger partial charge in [0, 0.05) is 6.21 Å². The summed E-state index contributed by atoms with van der Waals surface area (Å²) in [6.07, 6.45) is 2.80. The minimum absolute atomic E-state index is 0.658. The van der Waals surface area contributed by atoms with Crippen molar-refractivity contribution in [1.29, 1.82) is 0 Å². The van der Waals surface area contributed by atoms with Crippen molar-refractivity contribution < 1.29 is 9.47 Å². The van der Waals surface area contributed by atoms with Crippen molar-refractivity contribution in [3.8, 4) is 11.5 Å². The number of halogens is 1. The van der Waals surface area contributed by atoms with Crippen LogP contribution < -0.4 is 9.47 Å². The number of hydrogen-bond donors (Lipinski definition) is 0. The molecule has 0 spiro atoms. The van der Waals surface area contributed by atoms with Gasteiger partial charge in [0.05, 0.1) is 23.9 Å². The summed E-state index contributed by atoms with van der Waals surface area (Å²) in [5.41, 5.74) is 4.37. The van der Waals surface area contributed by atoms with Crippen LogP contribution in [0, 0.1) is 13.8 Å². The summed E-state index contributed by atoms with van der Waals surface area (Å²) in [5, 5.41) is 0. The predicted octanol–water partition coefficient (Wildman–Crippen LogP) is 5.61. The molecule has 122 valence electrons. The highest BCUT2D eigenvalue weighted by Gasteiger charge is 2.11. The van der Waals surface area contributed by atoms with E-state index in [9.17, 15) is 0 Å². The Labute approximate surface area is 146 Å². The molecular formula is C19H22BrNO2. The third-order valence-electron chi connectivity index (χ3n) is 3.63. The lowest BCUT2D eigenvalue weighted by molar-refractivity contribution is 0.292. The van der Waals surface area contributed by atoms with Crippen LogP contribution in [0.25, 0.3) is 0 Å². The SMILES string of the molecule is CCCOc1c(Br)cc(C=Nc2cccc(C)c2C)cc1OC. The van der Waals surface area contributed by atoms with Crippen LogP contribution in [0.4, 0.5) is 5.69 Å². The second-order valence-electron chi connectivity index (χ2n) is 5.36. The minimum Gasteiger partial charge on any atom is -0.493 e. The van der Waals surface area contributed by atoms with E-state index in [-0.39, 0.29) is 0 Å². The average Bonchev–Trinajstić information content (AvgIpc) is 2.54. The first-order valence-electron chi connectivity index (χ1n) is 7.67. The molecule has 0 bridgehead atoms. The number of rotatable bonds is 6. The van der Waals surface area contributed by atoms with Crippen LogP contribution in [0.1, 0.15) is 30.0 Å². The molecule has 0 aromatic heterocycles. The summed E-state index contributed by atoms with van der Waals surface area (Å²) < 4.78 is 12.1. The zero-order chi connectivity index (χ0) is 16.8. The Hall–Kier alpha value is -1.81. The molecule has 0 fully saturated rings. The molecule has 0 atom stereocenters. The Morgan fingerprint density at radius 1 is 1.22 bits per heavy atom. The van der Waals surface area contributed by atoms with Crippen molar-refractivity contribution in [3.05, 3.63) is 51.5 Å². The van der Waals surface area contributed by atoms with Crippen LogP contribution in [-0.4, -0.2) is 19.9 Å². The lowest BCUT2D eigenvalue weighted by Gasteiger charge is -2.12. The topological polar surface area (TPSA) is 30.8 Å². The highest BCUT2D eigenvalue weighted by molar-refractivity contribution is 9.10. The first-order valence-corrected chi connectivity index (χ1v) is 8.46. The second kappa shape index (κ2) is 8.16. The number of benzene rings is 2. The average molecular weight is 376 g/mol. The number of ether oxygens (including phenoxy) is 2. The standard InChI is InChI=1S/C19H22BrNO2/c1-5-9-23-19-16(20)10-15(11-18(19)22-4)12-21-17-8-6-7-13(2)14(17)3/h6-8,10-12H,5,9H2,1-4H3. The molecule has 0 saturated carbocycles. The van der Waals surface area contributed by atoms with E-state index in [1.807, 2.05) is 30.5 Å². The summed E-state index contributed by atoms with van der Waals surface area (Å²) >= 11 is 3.55. The van der Waals surface area contributed by atoms with Gasteiger partial charge in [-0.3, -0.25) is 4.99 Å². The zero-order valence-electron chi connectivity index (χ0n) is 14.0. The van der Waals surface area contributed by atoms with Gasteiger partial charge >= 0.3 is 0 Å². The largest absolute Gasteiger partial charge is 0.493 e. The molecule has 0 amide bonds. The maximum Gasteiger partial charge on any atom is 0.175 e. The molecule has 4 heteroatoms. The van der Waals surface area contributed by atoms with E-state index in [1.54, 1.807) is 7.11 Å². The molecule has 2 aromatic rings. The van der Waals surface area contributed by atoms with Gasteiger partial charge in [0.1, 0.15) is 0 Å². The maximum atomic E-state index is 5.74. The molecular weight excluding hydrogens is 354 g/mol. The van der Waals surface area contributed by atoms with Crippen LogP contribution >= 0.6 is 15.9 Å². The Bertz CT molecular complexity index is 711. The van der Waals surface area contributed by atoms with Gasteiger partial charge in [-0.05, 0) is 71.1 Å². The molecule has 0 N–H and O–H groups in total. The van der Waals surface area contributed by atoms with Crippen LogP contribution in [0.5, 0.6) is 11.5 Å². The highest BCUT2D eigenvalue weighted by atomic mass is 79.9. The highest BCUT2D eigenvalue weighted by Crippen LogP contribution is 2.36. The molecule has 0 heterocycles. The summed E-state index contributed by atoms with van der Waals surface area (Å²) in [7, 11) is 1.65. The Kier molecular flexibility index (Phi) is 6.22. The van der Waals surface area contributed by atoms with E-state index in [0.717, 1.165) is 27.9 Å². The minimum atomic E-state index is 0.658. The van der Waals surface area contributed by atoms with Crippen molar-refractivity contribution in [1.82, 2.24) is 0 Å². The van der Waals surface area contributed by atoms with Gasteiger partial charge in [0.2, 0.25) is 0 Å². The molecule has 0 aliphatic carbocycles. The van der Waals surface area contributed by atoms with Crippen LogP contribution in [-0.2, 0) is 0 Å². The summed E-state index contributed by atoms with van der Waals surface area (Å²) in [5.74, 6) is 1.44. The molecule has 2 rings (SSSR count). The molecule has 23 heavy (non-hydrogen) atoms. The lowest BCUT2D eigenvalue weighted by Crippen LogP contribution is -1.99. The van der Waals surface area contributed by atoms with E-state index in [4.69, 9.17) is 9.47 Å². The summed E-state index contributed by atoms with van der Waals surface area (Å²) in [6, 6.07) is 10.1. The Morgan fingerprint density at radius 2 is 2.00 bits per heavy atom. The lowest BCUT2D eigenvalue weighted by atomic mass is 10.1. The Morgan fingerprint density at radius 3 is 2.70 bits per heavy atom. The number of hydrogen-bond acceptors (Lipinski definition) is 3. The van der Waals surface area contributed by atoms with Gasteiger partial charge in [0.25, 0.3) is 0 Å². The third kappa shape index (κ3) is 4.35. The van der Waals surface area contributed by atoms with Crippen LogP contribution in [0.2, 0.25) is 0 Å². The van der Waals surface area contributed by atoms with Crippen molar-refractivity contribution in [2.45, 2.75) is 27.2 Å². The number of aryl methyl sites for hydroxylation is 1. The monoisotopic (exact) mass is 375 g/mol. The van der Waals surface area contributed by atoms with Crippen LogP contribution in [0.15, 0.2) is 39.8 Å². The molecule has 0 aliphatic rings. The maximum absolute atomic E-state index is 5.74. The van der Waals surface area contributed by atoms with Gasteiger partial charge in [0.15, 0.2) is 11.5 Å². The van der Waals surface area contributed by atoms with E-state index in [0.29, 0.717) is 12.4 Å². The first kappa shape index (κ1) is 17.5. The second-order valence-corrected chi connectivity index (χ2v) is 6.21. The third-order valence-corrected chi connectivity index (χ3v) is 4.22. The normalized spacial score (nSPS) is 11.0. The molecule has 0 aliphatic heterocycles. The predicted molar refractivity (Wildman–Crippen MR) is 99.7 cm³/mol. The van der Waals surface area contributed by atoms with E-state index in [2.05, 4.69) is 47.8 Å². The van der Waals surface area contributed by atoms with Gasteiger partial charge in [-0.25, -0.2) is 0 Å². The number of methoxy groups -OCH3 is 1. The summed E-state index contributed by atoms with van der Waals surface area (Å²) in [4.78, 5) is 4.60. The van der Waals surface area contributed by atoms with Crippen molar-refractivity contribution in [3.63, 3.8) is 0 Å². The van der Waals surface area contributed by atoms with Gasteiger partial charge in [-0.15, -0.1) is 0 Å². The molecule has 3 nitrogen and oxygen atoms in total. The fraction of sp³-hybridized carbons (Fsp3) is 0.316. The van der Waals surface area contributed by atoms with E-state index >= 15 is 0 Å². The molecule has 0 saturated heterocycles. The Balaban J connectivity index is 2.31. The van der Waals surface area contributed by atoms with Gasteiger partial charge in [-0.2, -0.15) is 0 Å². The first-order chi connectivity index (χ1) is 11.1. The number of aliphatic imine (C=N–C) groups is 1. The zero-order valence-corrected chi connectivity index (χ0v) is 15.6. The van der Waals surface area contributed by atoms with Gasteiger partial charge in [-0.1, -0.05) is 19.1 Å². The molecule has 0 unspecified atom stereocenters. The smallest absolute Gasteiger partial charge is 0.175 e. The van der Waals surface area contributed by atoms with E-state index < -0.39 is 0 Å². The molecule has 2 aromatic carbocycles. The molecule has 0 radical (unpaired) electrons. The quantitative estimate of drug-likeness (QED) is 0.613. The van der Waals surface area contributed by atoms with Crippen molar-refractivity contribution in [2.24, 2.45) is 4.99 Å². The number of nitrogens with zero attached hydrogens (tertiary/aromatic N) is 1. The summed E-state index contributed by atoms with van der Waals surface area (Å²) in [6.45, 7) is 6.91. The van der Waals surface area contributed by atoms with Crippen molar-refractivity contribution in [2.75, 3.05) is 13.7 Å². The van der Waals surface area contributed by atoms with E-state index in [1.165, 1.54) is 11.1 Å². The van der Waals surface area contributed by atoms with Gasteiger partial charge < -0.3 is 9.47 Å². The fourth-order valence-electron chi connectivity index (χ4n) is 2.18. The van der Waals surface area contributed by atoms with Crippen molar-refractivity contribution >= 4 is 27.8 Å². The van der Waals surface area contributed by atoms with Crippen LogP contribution in [0.3, 0.4) is 0 Å². The fourth-order valence-corrected chi connectivity index (χ4v) is 2.75.